The van der Waals surface area contributed by atoms with Gasteiger partial charge in [-0.3, -0.25) is 4.79 Å². The van der Waals surface area contributed by atoms with Gasteiger partial charge in [0.1, 0.15) is 5.82 Å². The van der Waals surface area contributed by atoms with Crippen molar-refractivity contribution in [2.24, 2.45) is 0 Å². The number of hydrogen-bond donors (Lipinski definition) is 1. The number of carbonyl (C=O) groups excluding carboxylic acids is 1. The average Bonchev–Trinajstić information content (AvgIpc) is 2.93. The molecular weight excluding hydrogens is 361 g/mol. The van der Waals surface area contributed by atoms with Gasteiger partial charge in [-0.2, -0.15) is 0 Å². The molecule has 132 valence electrons. The molecule has 0 bridgehead atoms. The van der Waals surface area contributed by atoms with Crippen molar-refractivity contribution in [3.05, 3.63) is 65.5 Å². The molecule has 0 radical (unpaired) electrons. The molecular formula is C18H18FNO3S2. The van der Waals surface area contributed by atoms with Crippen molar-refractivity contribution in [3.8, 4) is 0 Å². The third-order valence-electron chi connectivity index (χ3n) is 3.98. The maximum absolute atomic E-state index is 12.9. The first kappa shape index (κ1) is 17.9. The molecule has 25 heavy (non-hydrogen) atoms. The summed E-state index contributed by atoms with van der Waals surface area (Å²) in [5.74, 6) is -0.177. The fraction of sp³-hybridized carbons (Fsp3) is 0.278. The predicted octanol–water partition coefficient (Wildman–Crippen LogP) is 3.03. The van der Waals surface area contributed by atoms with Crippen LogP contribution in [0.15, 0.2) is 53.4 Å². The van der Waals surface area contributed by atoms with Gasteiger partial charge in [-0.1, -0.05) is 24.3 Å². The molecule has 1 amide bonds. The van der Waals surface area contributed by atoms with E-state index in [-0.39, 0.29) is 28.5 Å². The van der Waals surface area contributed by atoms with Gasteiger partial charge < -0.3 is 5.32 Å². The second-order valence-electron chi connectivity index (χ2n) is 5.95. The molecule has 1 N–H and O–H groups in total. The standard InChI is InChI=1S/C18H18FNO3S2/c19-14-7-5-13(6-8-14)11-20-18(21)16-3-1-2-4-17(16)24-15-9-10-25(22,23)12-15/h1-8,15H,9-12H2,(H,20,21)/t15-/m1/s1. The highest BCUT2D eigenvalue weighted by molar-refractivity contribution is 8.02. The van der Waals surface area contributed by atoms with E-state index in [2.05, 4.69) is 5.32 Å². The van der Waals surface area contributed by atoms with E-state index in [1.165, 1.54) is 23.9 Å². The Bertz CT molecular complexity index is 866. The Morgan fingerprint density at radius 1 is 1.16 bits per heavy atom. The molecule has 0 saturated carbocycles. The Morgan fingerprint density at radius 2 is 1.88 bits per heavy atom. The van der Waals surface area contributed by atoms with Crippen LogP contribution in [0.3, 0.4) is 0 Å². The van der Waals surface area contributed by atoms with E-state index in [0.29, 0.717) is 18.5 Å². The van der Waals surface area contributed by atoms with Gasteiger partial charge in [-0.05, 0) is 36.2 Å². The summed E-state index contributed by atoms with van der Waals surface area (Å²) in [5.41, 5.74) is 1.33. The lowest BCUT2D eigenvalue weighted by Gasteiger charge is -2.12. The Balaban J connectivity index is 1.67. The second-order valence-corrected chi connectivity index (χ2v) is 9.52. The molecule has 0 spiro atoms. The number of nitrogens with one attached hydrogen (secondary N) is 1. The van der Waals surface area contributed by atoms with E-state index in [4.69, 9.17) is 0 Å². The van der Waals surface area contributed by atoms with Gasteiger partial charge in [-0.25, -0.2) is 12.8 Å². The Hall–Kier alpha value is -1.86. The summed E-state index contributed by atoms with van der Waals surface area (Å²) in [5, 5.41) is 2.81. The van der Waals surface area contributed by atoms with Gasteiger partial charge in [0.15, 0.2) is 9.84 Å². The quantitative estimate of drug-likeness (QED) is 0.867. The number of sulfone groups is 1. The van der Waals surface area contributed by atoms with E-state index in [1.54, 1.807) is 24.3 Å². The van der Waals surface area contributed by atoms with Gasteiger partial charge in [0.2, 0.25) is 0 Å². The highest BCUT2D eigenvalue weighted by Gasteiger charge is 2.29. The van der Waals surface area contributed by atoms with Gasteiger partial charge >= 0.3 is 0 Å². The highest BCUT2D eigenvalue weighted by atomic mass is 32.2. The lowest BCUT2D eigenvalue weighted by atomic mass is 10.2. The first-order valence-corrected chi connectivity index (χ1v) is 10.6. The minimum absolute atomic E-state index is 0.0175. The molecule has 1 fully saturated rings. The lowest BCUT2D eigenvalue weighted by molar-refractivity contribution is 0.0948. The average molecular weight is 379 g/mol. The van der Waals surface area contributed by atoms with Crippen molar-refractivity contribution in [3.63, 3.8) is 0 Å². The summed E-state index contributed by atoms with van der Waals surface area (Å²) in [4.78, 5) is 13.3. The van der Waals surface area contributed by atoms with E-state index < -0.39 is 9.84 Å². The van der Waals surface area contributed by atoms with Crippen LogP contribution >= 0.6 is 11.8 Å². The summed E-state index contributed by atoms with van der Waals surface area (Å²) < 4.78 is 36.1. The van der Waals surface area contributed by atoms with Crippen molar-refractivity contribution < 1.29 is 17.6 Å². The zero-order valence-corrected chi connectivity index (χ0v) is 15.1. The molecule has 2 aromatic carbocycles. The fourth-order valence-electron chi connectivity index (χ4n) is 2.67. The Morgan fingerprint density at radius 3 is 2.56 bits per heavy atom. The maximum atomic E-state index is 12.9. The summed E-state index contributed by atoms with van der Waals surface area (Å²) in [6, 6.07) is 13.1. The summed E-state index contributed by atoms with van der Waals surface area (Å²) in [6.07, 6.45) is 0.610. The van der Waals surface area contributed by atoms with Gasteiger partial charge in [0, 0.05) is 16.7 Å². The summed E-state index contributed by atoms with van der Waals surface area (Å²) in [6.45, 7) is 0.302. The monoisotopic (exact) mass is 379 g/mol. The number of amides is 1. The largest absolute Gasteiger partial charge is 0.348 e. The number of carbonyl (C=O) groups is 1. The minimum Gasteiger partial charge on any atom is -0.348 e. The minimum atomic E-state index is -2.95. The highest BCUT2D eigenvalue weighted by Crippen LogP contribution is 2.33. The molecule has 0 aromatic heterocycles. The van der Waals surface area contributed by atoms with Crippen molar-refractivity contribution in [1.29, 1.82) is 0 Å². The molecule has 4 nitrogen and oxygen atoms in total. The van der Waals surface area contributed by atoms with Crippen LogP contribution in [0, 0.1) is 5.82 Å². The van der Waals surface area contributed by atoms with Gasteiger partial charge in [-0.15, -0.1) is 11.8 Å². The third kappa shape index (κ3) is 4.83. The van der Waals surface area contributed by atoms with E-state index in [1.807, 2.05) is 12.1 Å². The van der Waals surface area contributed by atoms with Crippen LogP contribution in [0.4, 0.5) is 4.39 Å². The van der Waals surface area contributed by atoms with Crippen LogP contribution in [0.25, 0.3) is 0 Å². The normalized spacial score (nSPS) is 18.8. The maximum Gasteiger partial charge on any atom is 0.252 e. The summed E-state index contributed by atoms with van der Waals surface area (Å²) in [7, 11) is -2.95. The van der Waals surface area contributed by atoms with Crippen molar-refractivity contribution >= 4 is 27.5 Å². The van der Waals surface area contributed by atoms with E-state index in [9.17, 15) is 17.6 Å². The molecule has 1 heterocycles. The van der Waals surface area contributed by atoms with Crippen LogP contribution in [0.2, 0.25) is 0 Å². The van der Waals surface area contributed by atoms with Crippen LogP contribution in [0.5, 0.6) is 0 Å². The molecule has 1 aliphatic rings. The van der Waals surface area contributed by atoms with Crippen LogP contribution in [-0.4, -0.2) is 31.1 Å². The molecule has 3 rings (SSSR count). The summed E-state index contributed by atoms with van der Waals surface area (Å²) >= 11 is 1.44. The van der Waals surface area contributed by atoms with E-state index >= 15 is 0 Å². The molecule has 1 aliphatic heterocycles. The van der Waals surface area contributed by atoms with Crippen molar-refractivity contribution in [1.82, 2.24) is 5.32 Å². The van der Waals surface area contributed by atoms with E-state index in [0.717, 1.165) is 10.5 Å². The molecule has 0 aliphatic carbocycles. The van der Waals surface area contributed by atoms with Crippen LogP contribution in [0.1, 0.15) is 22.3 Å². The first-order chi connectivity index (χ1) is 11.9. The van der Waals surface area contributed by atoms with Crippen molar-refractivity contribution in [2.75, 3.05) is 11.5 Å². The van der Waals surface area contributed by atoms with Crippen molar-refractivity contribution in [2.45, 2.75) is 23.1 Å². The molecule has 0 unspecified atom stereocenters. The zero-order valence-electron chi connectivity index (χ0n) is 13.4. The molecule has 7 heteroatoms. The van der Waals surface area contributed by atoms with Gasteiger partial charge in [0.05, 0.1) is 17.1 Å². The number of hydrogen-bond acceptors (Lipinski definition) is 4. The Labute approximate surface area is 150 Å². The molecule has 1 atom stereocenters. The van der Waals surface area contributed by atoms with Crippen LogP contribution in [-0.2, 0) is 16.4 Å². The lowest BCUT2D eigenvalue weighted by Crippen LogP contribution is -2.23. The van der Waals surface area contributed by atoms with Crippen LogP contribution < -0.4 is 5.32 Å². The number of halogens is 1. The smallest absolute Gasteiger partial charge is 0.252 e. The molecule has 2 aromatic rings. The zero-order chi connectivity index (χ0) is 17.9. The topological polar surface area (TPSA) is 63.2 Å². The number of rotatable bonds is 5. The second kappa shape index (κ2) is 7.58. The number of thioether (sulfide) groups is 1. The number of benzene rings is 2. The molecule has 1 saturated heterocycles. The Kier molecular flexibility index (Phi) is 5.44. The predicted molar refractivity (Wildman–Crippen MR) is 96.9 cm³/mol. The fourth-order valence-corrected chi connectivity index (χ4v) is 6.30. The third-order valence-corrected chi connectivity index (χ3v) is 7.31. The SMILES string of the molecule is O=C(NCc1ccc(F)cc1)c1ccccc1S[C@@H]1CCS(=O)(=O)C1. The van der Waals surface area contributed by atoms with Gasteiger partial charge in [0.25, 0.3) is 5.91 Å². The first-order valence-electron chi connectivity index (χ1n) is 7.92.